The van der Waals surface area contributed by atoms with Crippen molar-refractivity contribution in [2.75, 3.05) is 43.9 Å². The van der Waals surface area contributed by atoms with Crippen LogP contribution in [-0.4, -0.2) is 62.7 Å². The summed E-state index contributed by atoms with van der Waals surface area (Å²) in [5, 5.41) is 14.5. The number of likely N-dealkylation sites (N-methyl/N-ethyl adjacent to an activating group) is 1. The third-order valence-electron chi connectivity index (χ3n) is 6.73. The van der Waals surface area contributed by atoms with E-state index < -0.39 is 0 Å². The summed E-state index contributed by atoms with van der Waals surface area (Å²) in [6.07, 6.45) is 5.31. The number of piperazine rings is 1. The van der Waals surface area contributed by atoms with Crippen LogP contribution in [0, 0.1) is 11.3 Å². The zero-order chi connectivity index (χ0) is 25.4. The highest BCUT2D eigenvalue weighted by Gasteiger charge is 2.21. The highest BCUT2D eigenvalue weighted by molar-refractivity contribution is 5.86. The Balaban J connectivity index is 1.52. The molecule has 2 N–H and O–H groups in total. The van der Waals surface area contributed by atoms with Crippen molar-refractivity contribution in [3.63, 3.8) is 0 Å². The van der Waals surface area contributed by atoms with E-state index in [4.69, 9.17) is 15.8 Å². The number of aromatic nitrogens is 5. The van der Waals surface area contributed by atoms with E-state index in [2.05, 4.69) is 39.0 Å². The minimum absolute atomic E-state index is 0.363. The minimum atomic E-state index is 0.363. The van der Waals surface area contributed by atoms with Crippen molar-refractivity contribution >= 4 is 17.2 Å². The number of nitrogen functional groups attached to an aromatic ring is 1. The quantitative estimate of drug-likeness (QED) is 0.408. The van der Waals surface area contributed by atoms with Gasteiger partial charge in [-0.15, -0.1) is 0 Å². The fraction of sp³-hybridized carbons (Fsp3) is 0.179. The summed E-state index contributed by atoms with van der Waals surface area (Å²) in [5.74, 6) is 1.30. The van der Waals surface area contributed by atoms with Crippen LogP contribution in [0.3, 0.4) is 0 Å². The molecule has 1 saturated heterocycles. The van der Waals surface area contributed by atoms with Gasteiger partial charge in [0.05, 0.1) is 28.7 Å². The third kappa shape index (κ3) is 4.24. The molecule has 9 nitrogen and oxygen atoms in total. The van der Waals surface area contributed by atoms with Crippen LogP contribution in [0.5, 0.6) is 0 Å². The molecule has 1 fully saturated rings. The van der Waals surface area contributed by atoms with Gasteiger partial charge in [0.25, 0.3) is 0 Å². The normalized spacial score (nSPS) is 14.1. The number of benzene rings is 1. The lowest BCUT2D eigenvalue weighted by Gasteiger charge is -2.33. The number of rotatable bonds is 4. The molecule has 37 heavy (non-hydrogen) atoms. The Morgan fingerprint density at radius 1 is 0.892 bits per heavy atom. The summed E-state index contributed by atoms with van der Waals surface area (Å²) in [7, 11) is 2.14. The molecule has 0 amide bonds. The van der Waals surface area contributed by atoms with Crippen molar-refractivity contribution in [1.29, 1.82) is 5.26 Å². The number of nitrogens with two attached hydrogens (primary N) is 1. The fourth-order valence-corrected chi connectivity index (χ4v) is 4.70. The number of hydrogen-bond donors (Lipinski definition) is 1. The smallest absolute Gasteiger partial charge is 0.150 e. The van der Waals surface area contributed by atoms with Gasteiger partial charge in [-0.1, -0.05) is 12.1 Å². The Hall–Kier alpha value is -4.81. The largest absolute Gasteiger partial charge is 0.382 e. The summed E-state index contributed by atoms with van der Waals surface area (Å²) in [4.78, 5) is 18.2. The van der Waals surface area contributed by atoms with Gasteiger partial charge >= 0.3 is 0 Å². The van der Waals surface area contributed by atoms with Crippen molar-refractivity contribution in [2.24, 2.45) is 0 Å². The van der Waals surface area contributed by atoms with Crippen molar-refractivity contribution in [3.05, 3.63) is 78.8 Å². The summed E-state index contributed by atoms with van der Waals surface area (Å²) in [5.41, 5.74) is 12.6. The van der Waals surface area contributed by atoms with E-state index in [0.29, 0.717) is 22.6 Å². The lowest BCUT2D eigenvalue weighted by atomic mass is 10.0. The van der Waals surface area contributed by atoms with Gasteiger partial charge in [-0.25, -0.2) is 14.5 Å². The first kappa shape index (κ1) is 22.6. The average Bonchev–Trinajstić information content (AvgIpc) is 3.40. The van der Waals surface area contributed by atoms with E-state index in [1.54, 1.807) is 18.5 Å². The van der Waals surface area contributed by atoms with Crippen LogP contribution in [0.4, 0.5) is 11.6 Å². The number of anilines is 2. The van der Waals surface area contributed by atoms with E-state index in [1.807, 2.05) is 53.2 Å². The van der Waals surface area contributed by atoms with Gasteiger partial charge in [0.2, 0.25) is 0 Å². The topological polar surface area (TPSA) is 112 Å². The highest BCUT2D eigenvalue weighted by Crippen LogP contribution is 2.35. The average molecular weight is 488 g/mol. The molecule has 1 aliphatic heterocycles. The molecule has 5 heterocycles. The summed E-state index contributed by atoms with van der Waals surface area (Å²) in [6, 6.07) is 19.4. The van der Waals surface area contributed by atoms with Crippen LogP contribution in [0.2, 0.25) is 0 Å². The van der Waals surface area contributed by atoms with Gasteiger partial charge in [-0.2, -0.15) is 10.4 Å². The Morgan fingerprint density at radius 2 is 1.68 bits per heavy atom. The monoisotopic (exact) mass is 487 g/mol. The highest BCUT2D eigenvalue weighted by atomic mass is 15.3. The Kier molecular flexibility index (Phi) is 5.71. The van der Waals surface area contributed by atoms with Crippen LogP contribution >= 0.6 is 0 Å². The second-order valence-electron chi connectivity index (χ2n) is 9.14. The van der Waals surface area contributed by atoms with Gasteiger partial charge in [0, 0.05) is 61.5 Å². The Labute approximate surface area is 214 Å². The molecule has 0 bridgehead atoms. The SMILES string of the molecule is CN1CCN(c2cc(-c3cc4c(N)nc(-c5cccc(C#N)c5)c(-c5ccncc5)n4n3)ccn2)CC1. The maximum Gasteiger partial charge on any atom is 0.150 e. The molecule has 0 radical (unpaired) electrons. The molecule has 0 aliphatic carbocycles. The van der Waals surface area contributed by atoms with E-state index in [1.165, 1.54) is 0 Å². The molecular weight excluding hydrogens is 462 g/mol. The molecule has 4 aromatic heterocycles. The second kappa shape index (κ2) is 9.33. The van der Waals surface area contributed by atoms with E-state index in [-0.39, 0.29) is 0 Å². The molecule has 1 aromatic carbocycles. The lowest BCUT2D eigenvalue weighted by Crippen LogP contribution is -2.44. The molecule has 5 aromatic rings. The Bertz CT molecular complexity index is 1630. The Morgan fingerprint density at radius 3 is 2.46 bits per heavy atom. The maximum atomic E-state index is 9.45. The molecule has 0 saturated carbocycles. The number of pyridine rings is 2. The van der Waals surface area contributed by atoms with Crippen LogP contribution in [0.1, 0.15) is 5.56 Å². The number of nitrogens with zero attached hydrogens (tertiary/aromatic N) is 8. The minimum Gasteiger partial charge on any atom is -0.382 e. The molecule has 9 heteroatoms. The molecule has 0 unspecified atom stereocenters. The standard InChI is InChI=1S/C28H25N9/c1-35-11-13-36(14-12-35)25-16-21(7-10-32-25)23-17-24-28(30)33-26(22-4-2-3-19(15-22)18-29)27(37(24)34-23)20-5-8-31-9-6-20/h2-10,15-17H,11-14H2,1H3,(H2,30,33). The molecule has 1 aliphatic rings. The van der Waals surface area contributed by atoms with Gasteiger partial charge < -0.3 is 15.5 Å². The third-order valence-corrected chi connectivity index (χ3v) is 6.73. The van der Waals surface area contributed by atoms with Crippen LogP contribution in [0.25, 0.3) is 39.3 Å². The van der Waals surface area contributed by atoms with Crippen molar-refractivity contribution in [1.82, 2.24) is 29.5 Å². The first-order valence-electron chi connectivity index (χ1n) is 12.1. The predicted molar refractivity (Wildman–Crippen MR) is 144 cm³/mol. The van der Waals surface area contributed by atoms with E-state index >= 15 is 0 Å². The van der Waals surface area contributed by atoms with E-state index in [0.717, 1.165) is 60.1 Å². The number of hydrogen-bond acceptors (Lipinski definition) is 8. The van der Waals surface area contributed by atoms with Gasteiger partial charge in [-0.3, -0.25) is 4.98 Å². The van der Waals surface area contributed by atoms with Crippen LogP contribution < -0.4 is 10.6 Å². The lowest BCUT2D eigenvalue weighted by molar-refractivity contribution is 0.312. The van der Waals surface area contributed by atoms with Crippen LogP contribution in [0.15, 0.2) is 73.2 Å². The summed E-state index contributed by atoms with van der Waals surface area (Å²) < 4.78 is 1.84. The predicted octanol–water partition coefficient (Wildman–Crippen LogP) is 3.73. The summed E-state index contributed by atoms with van der Waals surface area (Å²) >= 11 is 0. The van der Waals surface area contributed by atoms with E-state index in [9.17, 15) is 5.26 Å². The van der Waals surface area contributed by atoms with Crippen molar-refractivity contribution in [3.8, 4) is 39.8 Å². The van der Waals surface area contributed by atoms with Gasteiger partial charge in [-0.05, 0) is 49.5 Å². The maximum absolute atomic E-state index is 9.45. The molecule has 182 valence electrons. The van der Waals surface area contributed by atoms with Crippen molar-refractivity contribution in [2.45, 2.75) is 0 Å². The first-order chi connectivity index (χ1) is 18.1. The van der Waals surface area contributed by atoms with Crippen LogP contribution in [-0.2, 0) is 0 Å². The first-order valence-corrected chi connectivity index (χ1v) is 12.1. The second-order valence-corrected chi connectivity index (χ2v) is 9.14. The number of nitriles is 1. The number of fused-ring (bicyclic) bond motifs is 1. The molecule has 0 atom stereocenters. The fourth-order valence-electron chi connectivity index (χ4n) is 4.70. The van der Waals surface area contributed by atoms with Crippen molar-refractivity contribution < 1.29 is 0 Å². The molecule has 6 rings (SSSR count). The summed E-state index contributed by atoms with van der Waals surface area (Å²) in [6.45, 7) is 3.89. The molecule has 0 spiro atoms. The zero-order valence-electron chi connectivity index (χ0n) is 20.4. The molecular formula is C28H25N9. The van der Waals surface area contributed by atoms with Gasteiger partial charge in [0.15, 0.2) is 0 Å². The van der Waals surface area contributed by atoms with Gasteiger partial charge in [0.1, 0.15) is 17.2 Å². The zero-order valence-corrected chi connectivity index (χ0v) is 20.4.